The van der Waals surface area contributed by atoms with Crippen molar-refractivity contribution in [3.05, 3.63) is 107 Å². The molecule has 0 unspecified atom stereocenters. The highest BCUT2D eigenvalue weighted by Gasteiger charge is 2.33. The maximum absolute atomic E-state index is 13.4. The van der Waals surface area contributed by atoms with E-state index in [1.54, 1.807) is 23.0 Å². The molecule has 2 aromatic heterocycles. The molecule has 2 aliphatic rings. The summed E-state index contributed by atoms with van der Waals surface area (Å²) in [5, 5.41) is 16.3. The first-order valence-corrected chi connectivity index (χ1v) is 14.7. The van der Waals surface area contributed by atoms with Crippen molar-refractivity contribution in [1.29, 1.82) is 0 Å². The summed E-state index contributed by atoms with van der Waals surface area (Å²) < 4.78 is 16.4. The number of aromatic nitrogens is 4. The number of rotatable bonds is 6. The summed E-state index contributed by atoms with van der Waals surface area (Å²) in [6, 6.07) is 23.1. The molecule has 3 aromatic carbocycles. The van der Waals surface area contributed by atoms with Crippen molar-refractivity contribution in [2.45, 2.75) is 31.5 Å². The van der Waals surface area contributed by atoms with Crippen LogP contribution in [0.3, 0.4) is 0 Å². The minimum Gasteiger partial charge on any atom is -0.388 e. The summed E-state index contributed by atoms with van der Waals surface area (Å²) in [5.74, 6) is -0.246. The SMILES string of the molecule is CN1CCN(c2ccc(-n3ncc4c(=O)n(CC5(O)CCN(Cc6ccc(F)cc6)CC5)cnc43)cc2)c2ccccc21. The van der Waals surface area contributed by atoms with E-state index in [1.807, 2.05) is 12.1 Å². The van der Waals surface area contributed by atoms with Crippen LogP contribution < -0.4 is 15.4 Å². The topological polar surface area (TPSA) is 82.7 Å². The van der Waals surface area contributed by atoms with Crippen molar-refractivity contribution in [3.8, 4) is 5.69 Å². The van der Waals surface area contributed by atoms with Crippen LogP contribution in [0.4, 0.5) is 21.5 Å². The molecule has 7 rings (SSSR count). The van der Waals surface area contributed by atoms with E-state index in [2.05, 4.69) is 68.2 Å². The predicted molar refractivity (Wildman–Crippen MR) is 166 cm³/mol. The average molecular weight is 580 g/mol. The van der Waals surface area contributed by atoms with Crippen molar-refractivity contribution in [3.63, 3.8) is 0 Å². The zero-order chi connectivity index (χ0) is 29.6. The van der Waals surface area contributed by atoms with Gasteiger partial charge in [-0.2, -0.15) is 5.10 Å². The van der Waals surface area contributed by atoms with Crippen LogP contribution in [0, 0.1) is 5.82 Å². The molecule has 2 aliphatic heterocycles. The zero-order valence-corrected chi connectivity index (χ0v) is 24.1. The molecule has 1 fully saturated rings. The van der Waals surface area contributed by atoms with Crippen molar-refractivity contribution in [2.24, 2.45) is 0 Å². The number of anilines is 3. The number of halogens is 1. The van der Waals surface area contributed by atoms with Gasteiger partial charge in [0.25, 0.3) is 5.56 Å². The molecule has 0 amide bonds. The van der Waals surface area contributed by atoms with E-state index in [4.69, 9.17) is 0 Å². The highest BCUT2D eigenvalue weighted by atomic mass is 19.1. The van der Waals surface area contributed by atoms with Crippen LogP contribution in [0.25, 0.3) is 16.7 Å². The molecule has 5 aromatic rings. The highest BCUT2D eigenvalue weighted by Crippen LogP contribution is 2.37. The fourth-order valence-electron chi connectivity index (χ4n) is 6.25. The molecule has 0 atom stereocenters. The second kappa shape index (κ2) is 10.9. The fraction of sp³-hybridized carbons (Fsp3) is 0.303. The lowest BCUT2D eigenvalue weighted by Gasteiger charge is -2.38. The second-order valence-electron chi connectivity index (χ2n) is 11.7. The van der Waals surface area contributed by atoms with Gasteiger partial charge in [-0.1, -0.05) is 24.3 Å². The Balaban J connectivity index is 1.06. The summed E-state index contributed by atoms with van der Waals surface area (Å²) in [4.78, 5) is 24.9. The van der Waals surface area contributed by atoms with Gasteiger partial charge in [0.1, 0.15) is 17.5 Å². The van der Waals surface area contributed by atoms with Gasteiger partial charge in [-0.15, -0.1) is 0 Å². The molecule has 10 heteroatoms. The molecule has 0 spiro atoms. The highest BCUT2D eigenvalue weighted by molar-refractivity contribution is 5.80. The Morgan fingerprint density at radius 1 is 0.884 bits per heavy atom. The third-order valence-electron chi connectivity index (χ3n) is 8.77. The van der Waals surface area contributed by atoms with Gasteiger partial charge in [0.05, 0.1) is 35.4 Å². The van der Waals surface area contributed by atoms with E-state index >= 15 is 0 Å². The molecule has 1 N–H and O–H groups in total. The van der Waals surface area contributed by atoms with Crippen LogP contribution >= 0.6 is 0 Å². The number of hydrogen-bond acceptors (Lipinski definition) is 7. The first kappa shape index (κ1) is 27.3. The molecule has 0 saturated carbocycles. The first-order chi connectivity index (χ1) is 20.9. The maximum atomic E-state index is 13.4. The van der Waals surface area contributed by atoms with E-state index < -0.39 is 5.60 Å². The summed E-state index contributed by atoms with van der Waals surface area (Å²) in [6.45, 7) is 4.06. The van der Waals surface area contributed by atoms with Crippen LogP contribution in [-0.4, -0.2) is 68.2 Å². The summed E-state index contributed by atoms with van der Waals surface area (Å²) in [5.41, 5.74) is 4.59. The standard InChI is InChI=1S/C33H34FN7O2/c1-37-18-19-40(30-5-3-2-4-29(30)37)26-10-12-27(13-11-26)41-31-28(20-36-41)32(42)39(23-35-31)22-33(43)14-16-38(17-15-33)21-24-6-8-25(34)9-7-24/h2-13,20,23,43H,14-19,21-22H2,1H3. The molecule has 0 aliphatic carbocycles. The molecule has 4 heterocycles. The average Bonchev–Trinajstić information content (AvgIpc) is 3.46. The third-order valence-corrected chi connectivity index (χ3v) is 8.77. The predicted octanol–water partition coefficient (Wildman–Crippen LogP) is 4.34. The van der Waals surface area contributed by atoms with Crippen LogP contribution in [-0.2, 0) is 13.1 Å². The molecule has 0 radical (unpaired) electrons. The van der Waals surface area contributed by atoms with Gasteiger partial charge in [0.15, 0.2) is 5.65 Å². The van der Waals surface area contributed by atoms with E-state index in [0.29, 0.717) is 43.5 Å². The number of para-hydroxylation sites is 2. The number of piperidine rings is 1. The number of nitrogens with zero attached hydrogens (tertiary/aromatic N) is 7. The number of aliphatic hydroxyl groups is 1. The number of benzene rings is 3. The van der Waals surface area contributed by atoms with E-state index in [0.717, 1.165) is 30.0 Å². The van der Waals surface area contributed by atoms with Crippen molar-refractivity contribution >= 4 is 28.1 Å². The smallest absolute Gasteiger partial charge is 0.264 e. The minimum absolute atomic E-state index is 0.172. The normalized spacial score (nSPS) is 16.9. The number of likely N-dealkylation sites (N-methyl/N-ethyl adjacent to an activating group) is 1. The van der Waals surface area contributed by atoms with Crippen LogP contribution in [0.5, 0.6) is 0 Å². The monoisotopic (exact) mass is 579 g/mol. The largest absolute Gasteiger partial charge is 0.388 e. The second-order valence-corrected chi connectivity index (χ2v) is 11.7. The Kier molecular flexibility index (Phi) is 6.95. The summed E-state index contributed by atoms with van der Waals surface area (Å²) in [7, 11) is 2.12. The molecule has 1 saturated heterocycles. The molecular weight excluding hydrogens is 545 g/mol. The van der Waals surface area contributed by atoms with E-state index in [9.17, 15) is 14.3 Å². The molecule has 0 bridgehead atoms. The van der Waals surface area contributed by atoms with Gasteiger partial charge < -0.3 is 14.9 Å². The Morgan fingerprint density at radius 3 is 2.33 bits per heavy atom. The Hall–Kier alpha value is -4.54. The Morgan fingerprint density at radius 2 is 1.58 bits per heavy atom. The molecule has 220 valence electrons. The van der Waals surface area contributed by atoms with E-state index in [-0.39, 0.29) is 17.9 Å². The van der Waals surface area contributed by atoms with Gasteiger partial charge in [-0.25, -0.2) is 14.1 Å². The van der Waals surface area contributed by atoms with Gasteiger partial charge in [0.2, 0.25) is 0 Å². The lowest BCUT2D eigenvalue weighted by molar-refractivity contribution is -0.0364. The maximum Gasteiger partial charge on any atom is 0.264 e. The minimum atomic E-state index is -1.01. The van der Waals surface area contributed by atoms with Crippen molar-refractivity contribution < 1.29 is 9.50 Å². The quantitative estimate of drug-likeness (QED) is 0.321. The van der Waals surface area contributed by atoms with Gasteiger partial charge in [-0.05, 0) is 66.9 Å². The van der Waals surface area contributed by atoms with Crippen LogP contribution in [0.15, 0.2) is 90.1 Å². The van der Waals surface area contributed by atoms with E-state index in [1.165, 1.54) is 34.4 Å². The van der Waals surface area contributed by atoms with Crippen molar-refractivity contribution in [1.82, 2.24) is 24.2 Å². The molecule has 9 nitrogen and oxygen atoms in total. The lowest BCUT2D eigenvalue weighted by atomic mass is 9.91. The third kappa shape index (κ3) is 5.28. The molecular formula is C33H34FN7O2. The summed E-state index contributed by atoms with van der Waals surface area (Å²) >= 11 is 0. The van der Waals surface area contributed by atoms with Gasteiger partial charge >= 0.3 is 0 Å². The van der Waals surface area contributed by atoms with Crippen LogP contribution in [0.2, 0.25) is 0 Å². The zero-order valence-electron chi connectivity index (χ0n) is 24.1. The van der Waals surface area contributed by atoms with Crippen LogP contribution in [0.1, 0.15) is 18.4 Å². The number of likely N-dealkylation sites (tertiary alicyclic amines) is 1. The lowest BCUT2D eigenvalue weighted by Crippen LogP contribution is -2.47. The van der Waals surface area contributed by atoms with Gasteiger partial charge in [-0.3, -0.25) is 14.3 Å². The Bertz CT molecular complexity index is 1810. The van der Waals surface area contributed by atoms with Gasteiger partial charge in [0, 0.05) is 45.5 Å². The molecule has 43 heavy (non-hydrogen) atoms. The summed E-state index contributed by atoms with van der Waals surface area (Å²) in [6.07, 6.45) is 4.13. The Labute approximate surface area is 249 Å². The number of fused-ring (bicyclic) bond motifs is 2. The van der Waals surface area contributed by atoms with Crippen molar-refractivity contribution in [2.75, 3.05) is 43.0 Å². The fourth-order valence-corrected chi connectivity index (χ4v) is 6.25. The first-order valence-electron chi connectivity index (χ1n) is 14.7. The number of hydrogen-bond donors (Lipinski definition) is 1.